The molecule has 0 saturated carbocycles. The molecule has 0 saturated heterocycles. The Morgan fingerprint density at radius 1 is 1.17 bits per heavy atom. The number of carbonyl (C=O) groups excluding carboxylic acids is 2. The van der Waals surface area contributed by atoms with Crippen molar-refractivity contribution in [1.82, 2.24) is 0 Å². The summed E-state index contributed by atoms with van der Waals surface area (Å²) in [6.07, 6.45) is 2.02. The van der Waals surface area contributed by atoms with Gasteiger partial charge in [0.1, 0.15) is 19.0 Å². The summed E-state index contributed by atoms with van der Waals surface area (Å²) in [6.45, 7) is 0.550. The van der Waals surface area contributed by atoms with Crippen LogP contribution >= 0.6 is 11.8 Å². The molecule has 0 fully saturated rings. The van der Waals surface area contributed by atoms with Gasteiger partial charge in [-0.2, -0.15) is 13.2 Å². The summed E-state index contributed by atoms with van der Waals surface area (Å²) in [7, 11) is 0. The number of ether oxygens (including phenoxy) is 3. The van der Waals surface area contributed by atoms with Crippen molar-refractivity contribution in [2.75, 3.05) is 37.0 Å². The van der Waals surface area contributed by atoms with Gasteiger partial charge in [0, 0.05) is 17.2 Å². The topological polar surface area (TPSA) is 97.7 Å². The maximum Gasteiger partial charge on any atom is 0.411 e. The third-order valence-corrected chi connectivity index (χ3v) is 7.61. The van der Waals surface area contributed by atoms with Crippen molar-refractivity contribution in [3.05, 3.63) is 77.9 Å². The summed E-state index contributed by atoms with van der Waals surface area (Å²) in [4.78, 5) is 27.6. The maximum absolute atomic E-state index is 12.8. The fraction of sp³-hybridized carbons (Fsp3) is 0.367. The molecule has 2 aromatic rings. The van der Waals surface area contributed by atoms with E-state index in [1.54, 1.807) is 42.2 Å². The first kappa shape index (κ1) is 31.2. The zero-order valence-corrected chi connectivity index (χ0v) is 23.7. The first-order valence-corrected chi connectivity index (χ1v) is 14.3. The molecular weight excluding hydrogens is 573 g/mol. The van der Waals surface area contributed by atoms with E-state index >= 15 is 0 Å². The highest BCUT2D eigenvalue weighted by atomic mass is 32.2. The van der Waals surface area contributed by atoms with Gasteiger partial charge in [-0.3, -0.25) is 4.79 Å². The number of allylic oxidation sites excluding steroid dienone is 4. The highest BCUT2D eigenvalue weighted by Crippen LogP contribution is 2.36. The molecule has 2 atom stereocenters. The number of hydrogen-bond acceptors (Lipinski definition) is 8. The third-order valence-electron chi connectivity index (χ3n) is 6.56. The summed E-state index contributed by atoms with van der Waals surface area (Å²) in [5, 5.41) is 12.7. The van der Waals surface area contributed by atoms with Crippen LogP contribution in [0.2, 0.25) is 0 Å². The molecule has 0 bridgehead atoms. The number of benzene rings is 2. The normalized spacial score (nSPS) is 18.2. The molecule has 1 aliphatic heterocycles. The zero-order chi connectivity index (χ0) is 30.1. The Bertz CT molecular complexity index is 1340. The minimum absolute atomic E-state index is 0.0242. The Morgan fingerprint density at radius 3 is 2.64 bits per heavy atom. The average Bonchev–Trinajstić information content (AvgIpc) is 2.97. The average molecular weight is 605 g/mol. The second-order valence-electron chi connectivity index (χ2n) is 9.58. The Hall–Kier alpha value is -3.77. The number of nitrogens with zero attached hydrogens (tertiary/aromatic N) is 2. The lowest BCUT2D eigenvalue weighted by Crippen LogP contribution is -2.38. The number of amides is 1. The first-order valence-electron chi connectivity index (χ1n) is 13.4. The fourth-order valence-corrected chi connectivity index (χ4v) is 5.48. The van der Waals surface area contributed by atoms with Crippen LogP contribution in [0.1, 0.15) is 18.1 Å². The summed E-state index contributed by atoms with van der Waals surface area (Å²) in [5.41, 5.74) is 2.94. The van der Waals surface area contributed by atoms with Crippen LogP contribution in [0.5, 0.6) is 5.75 Å². The Morgan fingerprint density at radius 2 is 1.93 bits per heavy atom. The molecule has 12 heteroatoms. The van der Waals surface area contributed by atoms with Crippen molar-refractivity contribution < 1.29 is 42.2 Å². The largest absolute Gasteiger partial charge is 0.492 e. The van der Waals surface area contributed by atoms with Gasteiger partial charge in [-0.25, -0.2) is 4.79 Å². The van der Waals surface area contributed by atoms with Gasteiger partial charge in [0.25, 0.3) is 0 Å². The molecule has 1 heterocycles. The minimum atomic E-state index is -4.57. The van der Waals surface area contributed by atoms with Crippen molar-refractivity contribution in [1.29, 1.82) is 0 Å². The Kier molecular flexibility index (Phi) is 10.7. The van der Waals surface area contributed by atoms with Crippen LogP contribution in [0.25, 0.3) is 0 Å². The van der Waals surface area contributed by atoms with Crippen LogP contribution < -0.4 is 9.64 Å². The molecule has 1 amide bonds. The quantitative estimate of drug-likeness (QED) is 0.198. The maximum atomic E-state index is 12.8. The van der Waals surface area contributed by atoms with Crippen LogP contribution in [0.15, 0.2) is 76.8 Å². The number of anilines is 1. The third kappa shape index (κ3) is 8.62. The molecule has 1 aliphatic carbocycles. The molecule has 8 nitrogen and oxygen atoms in total. The van der Waals surface area contributed by atoms with E-state index in [1.807, 2.05) is 36.4 Å². The summed E-state index contributed by atoms with van der Waals surface area (Å²) in [6, 6.07) is 12.6. The van der Waals surface area contributed by atoms with Crippen LogP contribution in [0, 0.1) is 5.92 Å². The van der Waals surface area contributed by atoms with Crippen LogP contribution in [-0.4, -0.2) is 67.2 Å². The highest BCUT2D eigenvalue weighted by molar-refractivity contribution is 8.00. The van der Waals surface area contributed by atoms with Gasteiger partial charge in [0.05, 0.1) is 30.3 Å². The van der Waals surface area contributed by atoms with E-state index in [9.17, 15) is 28.0 Å². The second-order valence-corrected chi connectivity index (χ2v) is 10.6. The molecule has 1 N–H and O–H groups in total. The smallest absolute Gasteiger partial charge is 0.411 e. The number of carbonyl (C=O) groups is 2. The van der Waals surface area contributed by atoms with Crippen molar-refractivity contribution in [3.63, 3.8) is 0 Å². The zero-order valence-electron chi connectivity index (χ0n) is 22.9. The lowest BCUT2D eigenvalue weighted by molar-refractivity contribution is -0.194. The molecule has 0 aromatic heterocycles. The standard InChI is InChI=1S/C30H31F3N2O6S/c1-2-39-29(37)26(41-19-30(31,32)33)17-20-7-10-23(11-8-20)40-14-13-35-25-16-21(9-12-27(25)42-18-28(35)36)15-22-5-3-4-6-24(22)34-38/h3-12,16,22,26,38H,2,13-15,17-19H2,1H3. The molecule has 0 spiro atoms. The van der Waals surface area contributed by atoms with Gasteiger partial charge in [0.2, 0.25) is 5.91 Å². The van der Waals surface area contributed by atoms with E-state index in [4.69, 9.17) is 14.2 Å². The minimum Gasteiger partial charge on any atom is -0.492 e. The van der Waals surface area contributed by atoms with E-state index in [2.05, 4.69) is 5.16 Å². The second kappa shape index (κ2) is 14.4. The predicted octanol–water partition coefficient (Wildman–Crippen LogP) is 5.37. The Balaban J connectivity index is 1.36. The molecule has 4 rings (SSSR count). The number of hydrogen-bond donors (Lipinski definition) is 1. The van der Waals surface area contributed by atoms with Crippen molar-refractivity contribution >= 4 is 35.0 Å². The summed E-state index contributed by atoms with van der Waals surface area (Å²) < 4.78 is 53.4. The van der Waals surface area contributed by atoms with Gasteiger partial charge >= 0.3 is 12.1 Å². The van der Waals surface area contributed by atoms with E-state index in [0.717, 1.165) is 16.1 Å². The number of rotatable bonds is 12. The van der Waals surface area contributed by atoms with Gasteiger partial charge in [-0.05, 0) is 54.8 Å². The first-order chi connectivity index (χ1) is 20.2. The SMILES string of the molecule is CCOC(=O)C(Cc1ccc(OCCN2C(=O)CSc3ccc(CC4C=CC=CC4=NO)cc32)cc1)OCC(F)(F)F. The lowest BCUT2D eigenvalue weighted by Gasteiger charge is -2.29. The summed E-state index contributed by atoms with van der Waals surface area (Å²) >= 11 is 1.48. The number of esters is 1. The number of fused-ring (bicyclic) bond motifs is 1. The van der Waals surface area contributed by atoms with E-state index in [-0.39, 0.29) is 31.5 Å². The molecular formula is C30H31F3N2O6S. The molecule has 2 aromatic carbocycles. The molecule has 42 heavy (non-hydrogen) atoms. The van der Waals surface area contributed by atoms with Crippen LogP contribution in [0.4, 0.5) is 18.9 Å². The van der Waals surface area contributed by atoms with Gasteiger partial charge in [0.15, 0.2) is 6.10 Å². The molecule has 2 unspecified atom stereocenters. The van der Waals surface area contributed by atoms with Crippen molar-refractivity contribution in [2.24, 2.45) is 11.1 Å². The number of thioether (sulfide) groups is 1. The van der Waals surface area contributed by atoms with E-state index < -0.39 is 24.9 Å². The van der Waals surface area contributed by atoms with Crippen LogP contribution in [-0.2, 0) is 31.9 Å². The van der Waals surface area contributed by atoms with Gasteiger partial charge in [-0.15, -0.1) is 11.8 Å². The van der Waals surface area contributed by atoms with Gasteiger partial charge < -0.3 is 24.3 Å². The molecule has 224 valence electrons. The van der Waals surface area contributed by atoms with E-state index in [1.165, 1.54) is 11.8 Å². The molecule has 2 aliphatic rings. The highest BCUT2D eigenvalue weighted by Gasteiger charge is 2.32. The van der Waals surface area contributed by atoms with E-state index in [0.29, 0.717) is 35.7 Å². The number of oxime groups is 1. The molecule has 0 radical (unpaired) electrons. The number of alkyl halides is 3. The lowest BCUT2D eigenvalue weighted by atomic mass is 9.91. The summed E-state index contributed by atoms with van der Waals surface area (Å²) in [5.74, 6) is -0.150. The Labute approximate surface area is 245 Å². The number of halogens is 3. The van der Waals surface area contributed by atoms with Crippen molar-refractivity contribution in [2.45, 2.75) is 36.9 Å². The van der Waals surface area contributed by atoms with Gasteiger partial charge in [-0.1, -0.05) is 41.6 Å². The van der Waals surface area contributed by atoms with Crippen LogP contribution in [0.3, 0.4) is 0 Å². The monoisotopic (exact) mass is 604 g/mol. The predicted molar refractivity (Wildman–Crippen MR) is 152 cm³/mol. The van der Waals surface area contributed by atoms with Crippen molar-refractivity contribution in [3.8, 4) is 5.75 Å². The fourth-order valence-electron chi connectivity index (χ4n) is 4.56.